The largest absolute Gasteiger partial charge is 0.769 e. The van der Waals surface area contributed by atoms with Crippen molar-refractivity contribution in [2.45, 2.75) is 72.8 Å². The van der Waals surface area contributed by atoms with Gasteiger partial charge in [0, 0.05) is 17.0 Å². The van der Waals surface area contributed by atoms with E-state index in [0.717, 1.165) is 25.7 Å². The van der Waals surface area contributed by atoms with E-state index in [1.807, 2.05) is 13.0 Å². The number of hydrogen-bond donors (Lipinski definition) is 1. The molecule has 1 aromatic heterocycles. The van der Waals surface area contributed by atoms with Gasteiger partial charge in [0.25, 0.3) is 5.56 Å². The maximum atomic E-state index is 13.1. The molecule has 2 rings (SSSR count). The van der Waals surface area contributed by atoms with E-state index in [1.54, 1.807) is 19.9 Å². The third-order valence-corrected chi connectivity index (χ3v) is 6.59. The van der Waals surface area contributed by atoms with Gasteiger partial charge < -0.3 is 9.66 Å². The molecule has 0 radical (unpaired) electrons. The number of nitrogens with zero attached hydrogens (tertiary/aromatic N) is 4. The van der Waals surface area contributed by atoms with E-state index in [2.05, 4.69) is 17.2 Å². The summed E-state index contributed by atoms with van der Waals surface area (Å²) in [4.78, 5) is 13.5. The van der Waals surface area contributed by atoms with Crippen LogP contribution in [0.15, 0.2) is 37.3 Å². The van der Waals surface area contributed by atoms with Gasteiger partial charge in [-0.3, -0.25) is 13.6 Å². The number of aromatic nitrogens is 1. The minimum absolute atomic E-state index is 0.0108. The first-order valence-corrected chi connectivity index (χ1v) is 11.6. The second-order valence-corrected chi connectivity index (χ2v) is 8.76. The monoisotopic (exact) mass is 445 g/mol. The Hall–Kier alpha value is -2.57. The maximum Gasteiger partial charge on any atom is 0.281 e. The first-order valence-electron chi connectivity index (χ1n) is 10.5. The highest BCUT2D eigenvalue weighted by atomic mass is 32.2. The molecule has 31 heavy (non-hydrogen) atoms. The van der Waals surface area contributed by atoms with Crippen molar-refractivity contribution < 1.29 is 13.9 Å². The van der Waals surface area contributed by atoms with E-state index in [4.69, 9.17) is 0 Å². The summed E-state index contributed by atoms with van der Waals surface area (Å²) in [6, 6.07) is 1.97. The molecule has 1 heterocycles. The quantitative estimate of drug-likeness (QED) is 0.428. The maximum absolute atomic E-state index is 13.1. The van der Waals surface area contributed by atoms with Crippen LogP contribution in [0.3, 0.4) is 0 Å². The van der Waals surface area contributed by atoms with Gasteiger partial charge in [0.15, 0.2) is 5.69 Å². The van der Waals surface area contributed by atoms with E-state index >= 15 is 0 Å². The summed E-state index contributed by atoms with van der Waals surface area (Å²) >= 11 is -2.27. The SMILES string of the molecule is CCCCC(CC)Cn1c(O)c(C#N)c(C)c(N=NC2=CC(C)=C(S(=O)[O-])CC2)c1=O. The minimum Gasteiger partial charge on any atom is -0.769 e. The van der Waals surface area contributed by atoms with Crippen LogP contribution in [0.4, 0.5) is 5.69 Å². The summed E-state index contributed by atoms with van der Waals surface area (Å²) in [6.07, 6.45) is 6.18. The zero-order valence-corrected chi connectivity index (χ0v) is 19.3. The Morgan fingerprint density at radius 1 is 1.32 bits per heavy atom. The van der Waals surface area contributed by atoms with Crippen molar-refractivity contribution in [2.75, 3.05) is 0 Å². The van der Waals surface area contributed by atoms with Gasteiger partial charge in [-0.1, -0.05) is 33.1 Å². The van der Waals surface area contributed by atoms with Crippen molar-refractivity contribution >= 4 is 16.8 Å². The fourth-order valence-corrected chi connectivity index (χ4v) is 4.24. The second kappa shape index (κ2) is 11.2. The van der Waals surface area contributed by atoms with Gasteiger partial charge in [-0.25, -0.2) is 0 Å². The lowest BCUT2D eigenvalue weighted by atomic mass is 9.99. The topological polar surface area (TPSA) is 131 Å². The summed E-state index contributed by atoms with van der Waals surface area (Å²) in [5.74, 6) is -0.139. The first-order chi connectivity index (χ1) is 14.7. The third-order valence-electron chi connectivity index (χ3n) is 5.66. The Kier molecular flexibility index (Phi) is 8.89. The number of rotatable bonds is 9. The summed E-state index contributed by atoms with van der Waals surface area (Å²) in [5.41, 5.74) is 0.956. The Morgan fingerprint density at radius 3 is 2.58 bits per heavy atom. The van der Waals surface area contributed by atoms with Gasteiger partial charge >= 0.3 is 0 Å². The minimum atomic E-state index is -2.27. The molecule has 0 amide bonds. The lowest BCUT2D eigenvalue weighted by Gasteiger charge is -2.19. The number of unbranched alkanes of at least 4 members (excludes halogenated alkanes) is 1. The summed E-state index contributed by atoms with van der Waals surface area (Å²) in [5, 5.41) is 28.4. The highest BCUT2D eigenvalue weighted by Gasteiger charge is 2.21. The molecule has 2 atom stereocenters. The van der Waals surface area contributed by atoms with Crippen LogP contribution in [0, 0.1) is 24.2 Å². The molecule has 2 unspecified atom stereocenters. The van der Waals surface area contributed by atoms with E-state index < -0.39 is 16.6 Å². The Labute approximate surface area is 185 Å². The highest BCUT2D eigenvalue weighted by molar-refractivity contribution is 7.83. The predicted octanol–water partition coefficient (Wildman–Crippen LogP) is 4.86. The van der Waals surface area contributed by atoms with E-state index in [1.165, 1.54) is 4.57 Å². The average molecular weight is 446 g/mol. The van der Waals surface area contributed by atoms with Gasteiger partial charge in [-0.05, 0) is 61.8 Å². The number of azo groups is 1. The molecule has 0 spiro atoms. The summed E-state index contributed by atoms with van der Waals surface area (Å²) in [7, 11) is 0. The van der Waals surface area contributed by atoms with Crippen molar-refractivity contribution in [3.63, 3.8) is 0 Å². The summed E-state index contributed by atoms with van der Waals surface area (Å²) < 4.78 is 23.7. The van der Waals surface area contributed by atoms with Gasteiger partial charge in [-0.2, -0.15) is 10.4 Å². The zero-order valence-electron chi connectivity index (χ0n) is 18.5. The predicted molar refractivity (Wildman–Crippen MR) is 119 cm³/mol. The number of nitriles is 1. The van der Waals surface area contributed by atoms with Crippen LogP contribution in [-0.2, 0) is 17.6 Å². The van der Waals surface area contributed by atoms with Crippen LogP contribution >= 0.6 is 0 Å². The Bertz CT molecular complexity index is 1050. The molecule has 0 saturated heterocycles. The molecule has 0 aromatic carbocycles. The fraction of sp³-hybridized carbons (Fsp3) is 0.545. The molecule has 0 saturated carbocycles. The number of hydrogen-bond acceptors (Lipinski definition) is 7. The van der Waals surface area contributed by atoms with Gasteiger partial charge in [0.2, 0.25) is 5.88 Å². The normalized spacial score (nSPS) is 16.3. The van der Waals surface area contributed by atoms with Gasteiger partial charge in [-0.15, -0.1) is 5.11 Å². The second-order valence-electron chi connectivity index (χ2n) is 7.79. The standard InChI is InChI=1S/C22H30N4O4S/c1-5-7-8-16(6-2)13-26-21(27)18(12-23)15(4)20(22(26)28)25-24-17-9-10-19(31(29)30)14(3)11-17/h11,16,27H,5-10,13H2,1-4H3,(H,29,30)/p-1. The molecule has 0 bridgehead atoms. The molecule has 168 valence electrons. The van der Waals surface area contributed by atoms with Crippen LogP contribution < -0.4 is 5.56 Å². The smallest absolute Gasteiger partial charge is 0.281 e. The molecule has 1 aromatic rings. The molecule has 0 fully saturated rings. The van der Waals surface area contributed by atoms with Crippen molar-refractivity contribution in [3.8, 4) is 11.9 Å². The Balaban J connectivity index is 2.48. The number of aromatic hydroxyl groups is 1. The van der Waals surface area contributed by atoms with Crippen LogP contribution in [0.25, 0.3) is 0 Å². The van der Waals surface area contributed by atoms with Crippen molar-refractivity contribution in [1.82, 2.24) is 4.57 Å². The Morgan fingerprint density at radius 2 is 2.03 bits per heavy atom. The lowest BCUT2D eigenvalue weighted by molar-refractivity contribution is 0.339. The van der Waals surface area contributed by atoms with Crippen LogP contribution in [0.5, 0.6) is 5.88 Å². The molecular weight excluding hydrogens is 416 g/mol. The molecule has 1 N–H and O–H groups in total. The molecule has 0 aliphatic heterocycles. The van der Waals surface area contributed by atoms with Crippen molar-refractivity contribution in [1.29, 1.82) is 5.26 Å². The average Bonchev–Trinajstić information content (AvgIpc) is 2.73. The van der Waals surface area contributed by atoms with Gasteiger partial charge in [0.05, 0.1) is 5.70 Å². The molecule has 8 nitrogen and oxygen atoms in total. The van der Waals surface area contributed by atoms with Crippen LogP contribution in [-0.4, -0.2) is 18.4 Å². The third kappa shape index (κ3) is 5.77. The van der Waals surface area contributed by atoms with Crippen LogP contribution in [0.2, 0.25) is 0 Å². The fourth-order valence-electron chi connectivity index (χ4n) is 3.65. The number of pyridine rings is 1. The highest BCUT2D eigenvalue weighted by Crippen LogP contribution is 2.30. The molecular formula is C22H29N4O4S-. The molecule has 1 aliphatic carbocycles. The molecule has 1 aliphatic rings. The van der Waals surface area contributed by atoms with E-state index in [0.29, 0.717) is 35.6 Å². The zero-order chi connectivity index (χ0) is 23.1. The molecule has 9 heteroatoms. The van der Waals surface area contributed by atoms with Crippen molar-refractivity contribution in [2.24, 2.45) is 16.1 Å². The van der Waals surface area contributed by atoms with Gasteiger partial charge in [0.1, 0.15) is 11.6 Å². The number of allylic oxidation sites excluding steroid dienone is 4. The first kappa shape index (κ1) is 24.7. The van der Waals surface area contributed by atoms with Crippen molar-refractivity contribution in [3.05, 3.63) is 43.7 Å². The van der Waals surface area contributed by atoms with Crippen LogP contribution in [0.1, 0.15) is 70.4 Å². The van der Waals surface area contributed by atoms with E-state index in [-0.39, 0.29) is 28.6 Å². The lowest BCUT2D eigenvalue weighted by Crippen LogP contribution is -2.25. The van der Waals surface area contributed by atoms with E-state index in [9.17, 15) is 23.9 Å². The summed E-state index contributed by atoms with van der Waals surface area (Å²) in [6.45, 7) is 7.70.